The van der Waals surface area contributed by atoms with Crippen LogP contribution in [0.4, 0.5) is 0 Å². The summed E-state index contributed by atoms with van der Waals surface area (Å²) in [4.78, 5) is 15.4. The topological polar surface area (TPSA) is 62.1 Å². The average molecular weight is 327 g/mol. The van der Waals surface area contributed by atoms with Crippen molar-refractivity contribution < 1.29 is 9.21 Å². The second-order valence-electron chi connectivity index (χ2n) is 6.95. The molecule has 0 unspecified atom stereocenters. The molecule has 5 heteroatoms. The van der Waals surface area contributed by atoms with Gasteiger partial charge in [0, 0.05) is 24.2 Å². The highest BCUT2D eigenvalue weighted by Gasteiger charge is 2.36. The normalized spacial score (nSPS) is 24.0. The number of carbonyl (C=O) groups is 1. The number of hydrogen-bond donors (Lipinski definition) is 1. The molecule has 2 aromatic rings. The average Bonchev–Trinajstić information content (AvgIpc) is 3.29. The van der Waals surface area contributed by atoms with E-state index in [2.05, 4.69) is 28.1 Å². The molecule has 0 saturated carbocycles. The first-order chi connectivity index (χ1) is 11.8. The third-order valence-corrected chi connectivity index (χ3v) is 5.49. The van der Waals surface area contributed by atoms with Gasteiger partial charge < -0.3 is 9.32 Å². The predicted octanol–water partition coefficient (Wildman–Crippen LogP) is 3.74. The van der Waals surface area contributed by atoms with Crippen LogP contribution >= 0.6 is 0 Å². The summed E-state index contributed by atoms with van der Waals surface area (Å²) in [5.74, 6) is 2.14. The van der Waals surface area contributed by atoms with Crippen molar-refractivity contribution in [1.29, 1.82) is 0 Å². The van der Waals surface area contributed by atoms with Gasteiger partial charge in [-0.2, -0.15) is 5.10 Å². The Hall–Kier alpha value is -2.04. The molecular weight excluding hydrogens is 302 g/mol. The zero-order chi connectivity index (χ0) is 16.5. The lowest BCUT2D eigenvalue weighted by atomic mass is 9.85. The minimum atomic E-state index is -0.0475. The molecule has 2 aliphatic rings. The number of aromatic nitrogens is 2. The van der Waals surface area contributed by atoms with Gasteiger partial charge in [-0.05, 0) is 50.7 Å². The molecule has 0 bridgehead atoms. The molecule has 5 nitrogen and oxygen atoms in total. The molecule has 1 aliphatic carbocycles. The second kappa shape index (κ2) is 6.46. The van der Waals surface area contributed by atoms with E-state index in [-0.39, 0.29) is 17.9 Å². The highest BCUT2D eigenvalue weighted by Crippen LogP contribution is 2.38. The first kappa shape index (κ1) is 15.5. The number of aromatic amines is 1. The van der Waals surface area contributed by atoms with E-state index >= 15 is 0 Å². The fraction of sp³-hybridized carbons (Fsp3) is 0.579. The first-order valence-electron chi connectivity index (χ1n) is 9.19. The minimum absolute atomic E-state index is 0.0475. The number of rotatable bonds is 3. The zero-order valence-corrected chi connectivity index (χ0v) is 14.3. The number of amides is 1. The maximum Gasteiger partial charge on any atom is 0.230 e. The van der Waals surface area contributed by atoms with Gasteiger partial charge in [0.25, 0.3) is 0 Å². The number of fused-ring (bicyclic) bond motifs is 1. The lowest BCUT2D eigenvalue weighted by Crippen LogP contribution is -2.41. The van der Waals surface area contributed by atoms with Crippen molar-refractivity contribution in [3.63, 3.8) is 0 Å². The van der Waals surface area contributed by atoms with Crippen LogP contribution in [0.2, 0.25) is 0 Å². The van der Waals surface area contributed by atoms with E-state index in [1.807, 2.05) is 12.3 Å². The molecule has 1 amide bonds. The standard InChI is InChI=1S/C19H25N3O2/c1-2-13-9-10-18(24-13)17-8-3-4-11-22(17)19(23)14-6-5-7-16-15(14)12-20-21-16/h9-10,12,14,17H,2-8,11H2,1H3,(H,20,21)/t14-,17+/m0/s1. The molecule has 0 radical (unpaired) electrons. The molecule has 4 rings (SSSR count). The van der Waals surface area contributed by atoms with Gasteiger partial charge in [0.2, 0.25) is 5.91 Å². The van der Waals surface area contributed by atoms with Gasteiger partial charge in [-0.15, -0.1) is 0 Å². The van der Waals surface area contributed by atoms with Crippen LogP contribution in [-0.2, 0) is 17.6 Å². The summed E-state index contributed by atoms with van der Waals surface area (Å²) in [6.45, 7) is 2.92. The van der Waals surface area contributed by atoms with Crippen molar-refractivity contribution in [3.05, 3.63) is 41.1 Å². The van der Waals surface area contributed by atoms with Gasteiger partial charge in [0.15, 0.2) is 0 Å². The minimum Gasteiger partial charge on any atom is -0.464 e. The number of piperidine rings is 1. The SMILES string of the molecule is CCc1ccc([C@H]2CCCCN2C(=O)[C@H]2CCCc3[nH]ncc32)o1. The molecule has 1 aliphatic heterocycles. The van der Waals surface area contributed by atoms with E-state index in [9.17, 15) is 4.79 Å². The Kier molecular flexibility index (Phi) is 4.17. The van der Waals surface area contributed by atoms with Gasteiger partial charge in [-0.25, -0.2) is 0 Å². The molecule has 2 aromatic heterocycles. The third-order valence-electron chi connectivity index (χ3n) is 5.49. The molecule has 1 saturated heterocycles. The number of aryl methyl sites for hydroxylation is 2. The number of nitrogens with one attached hydrogen (secondary N) is 1. The molecule has 0 spiro atoms. The molecular formula is C19H25N3O2. The summed E-state index contributed by atoms with van der Waals surface area (Å²) >= 11 is 0. The molecule has 128 valence electrons. The van der Waals surface area contributed by atoms with Gasteiger partial charge in [-0.3, -0.25) is 9.89 Å². The van der Waals surface area contributed by atoms with E-state index < -0.39 is 0 Å². The van der Waals surface area contributed by atoms with Crippen LogP contribution in [0.5, 0.6) is 0 Å². The van der Waals surface area contributed by atoms with E-state index in [4.69, 9.17) is 4.42 Å². The van der Waals surface area contributed by atoms with Crippen molar-refractivity contribution in [2.45, 2.75) is 63.8 Å². The second-order valence-corrected chi connectivity index (χ2v) is 6.95. The fourth-order valence-corrected chi connectivity index (χ4v) is 4.17. The molecule has 1 N–H and O–H groups in total. The maximum atomic E-state index is 13.3. The molecule has 3 heterocycles. The lowest BCUT2D eigenvalue weighted by Gasteiger charge is -2.37. The summed E-state index contributed by atoms with van der Waals surface area (Å²) in [5.41, 5.74) is 2.24. The Morgan fingerprint density at radius 1 is 1.33 bits per heavy atom. The Bertz CT molecular complexity index is 718. The Balaban J connectivity index is 1.60. The number of hydrogen-bond acceptors (Lipinski definition) is 3. The van der Waals surface area contributed by atoms with Crippen LogP contribution in [0.1, 0.15) is 73.8 Å². The van der Waals surface area contributed by atoms with E-state index in [0.29, 0.717) is 0 Å². The monoisotopic (exact) mass is 327 g/mol. The van der Waals surface area contributed by atoms with Crippen LogP contribution in [0, 0.1) is 0 Å². The number of furan rings is 1. The Morgan fingerprint density at radius 3 is 3.08 bits per heavy atom. The van der Waals surface area contributed by atoms with Crippen molar-refractivity contribution in [2.24, 2.45) is 0 Å². The summed E-state index contributed by atoms with van der Waals surface area (Å²) in [6.07, 6.45) is 8.93. The van der Waals surface area contributed by atoms with Crippen molar-refractivity contribution in [2.75, 3.05) is 6.54 Å². The highest BCUT2D eigenvalue weighted by atomic mass is 16.3. The fourth-order valence-electron chi connectivity index (χ4n) is 4.17. The van der Waals surface area contributed by atoms with Crippen molar-refractivity contribution in [1.82, 2.24) is 15.1 Å². The van der Waals surface area contributed by atoms with Crippen molar-refractivity contribution in [3.8, 4) is 0 Å². The first-order valence-corrected chi connectivity index (χ1v) is 9.19. The number of likely N-dealkylation sites (tertiary alicyclic amines) is 1. The number of carbonyl (C=O) groups excluding carboxylic acids is 1. The number of nitrogens with zero attached hydrogens (tertiary/aromatic N) is 2. The largest absolute Gasteiger partial charge is 0.464 e. The molecule has 24 heavy (non-hydrogen) atoms. The smallest absolute Gasteiger partial charge is 0.230 e. The lowest BCUT2D eigenvalue weighted by molar-refractivity contribution is -0.137. The summed E-state index contributed by atoms with van der Waals surface area (Å²) in [5, 5.41) is 7.22. The predicted molar refractivity (Wildman–Crippen MR) is 90.7 cm³/mol. The summed E-state index contributed by atoms with van der Waals surface area (Å²) in [6, 6.07) is 4.18. The molecule has 1 fully saturated rings. The van der Waals surface area contributed by atoms with Crippen LogP contribution < -0.4 is 0 Å². The van der Waals surface area contributed by atoms with E-state index in [1.165, 1.54) is 0 Å². The zero-order valence-electron chi connectivity index (χ0n) is 14.3. The summed E-state index contributed by atoms with van der Waals surface area (Å²) < 4.78 is 5.98. The maximum absolute atomic E-state index is 13.3. The molecule has 2 atom stereocenters. The van der Waals surface area contributed by atoms with Crippen LogP contribution in [0.3, 0.4) is 0 Å². The van der Waals surface area contributed by atoms with Crippen molar-refractivity contribution >= 4 is 5.91 Å². The highest BCUT2D eigenvalue weighted by molar-refractivity contribution is 5.84. The van der Waals surface area contributed by atoms with Gasteiger partial charge in [-0.1, -0.05) is 6.92 Å². The Labute approximate surface area is 142 Å². The van der Waals surface area contributed by atoms with Crippen LogP contribution in [0.15, 0.2) is 22.7 Å². The quantitative estimate of drug-likeness (QED) is 0.934. The Morgan fingerprint density at radius 2 is 2.25 bits per heavy atom. The van der Waals surface area contributed by atoms with Crippen LogP contribution in [-0.4, -0.2) is 27.5 Å². The van der Waals surface area contributed by atoms with E-state index in [0.717, 1.165) is 74.3 Å². The van der Waals surface area contributed by atoms with Gasteiger partial charge in [0.1, 0.15) is 11.5 Å². The summed E-state index contributed by atoms with van der Waals surface area (Å²) in [7, 11) is 0. The van der Waals surface area contributed by atoms with Gasteiger partial charge in [0.05, 0.1) is 18.2 Å². The van der Waals surface area contributed by atoms with Crippen LogP contribution in [0.25, 0.3) is 0 Å². The third kappa shape index (κ3) is 2.66. The number of H-pyrrole nitrogens is 1. The molecule has 0 aromatic carbocycles. The van der Waals surface area contributed by atoms with E-state index in [1.54, 1.807) is 0 Å². The van der Waals surface area contributed by atoms with Gasteiger partial charge >= 0.3 is 0 Å².